The van der Waals surface area contributed by atoms with Crippen molar-refractivity contribution in [2.45, 2.75) is 57.7 Å². The Bertz CT molecular complexity index is 573. The summed E-state index contributed by atoms with van der Waals surface area (Å²) >= 11 is 0. The van der Waals surface area contributed by atoms with Crippen LogP contribution in [0.1, 0.15) is 44.6 Å². The number of rotatable bonds is 3. The molecular weight excluding hydrogens is 292 g/mol. The first kappa shape index (κ1) is 15.8. The molecule has 23 heavy (non-hydrogen) atoms. The van der Waals surface area contributed by atoms with Gasteiger partial charge in [0.15, 0.2) is 0 Å². The monoisotopic (exact) mass is 316 g/mol. The summed E-state index contributed by atoms with van der Waals surface area (Å²) in [6, 6.07) is 9.94. The molecule has 0 radical (unpaired) electrons. The second-order valence-electron chi connectivity index (χ2n) is 6.41. The van der Waals surface area contributed by atoms with Crippen LogP contribution in [0.2, 0.25) is 0 Å². The van der Waals surface area contributed by atoms with Gasteiger partial charge in [0.2, 0.25) is 0 Å². The Morgan fingerprint density at radius 3 is 2.83 bits per heavy atom. The molecule has 0 spiro atoms. The van der Waals surface area contributed by atoms with Crippen LogP contribution in [-0.4, -0.2) is 34.0 Å². The maximum absolute atomic E-state index is 12.6. The first-order chi connectivity index (χ1) is 11.2. The molecule has 2 bridgehead atoms. The van der Waals surface area contributed by atoms with Crippen molar-refractivity contribution in [1.29, 1.82) is 0 Å². The Hall–Kier alpha value is -2.04. The standard InChI is InChI=1S/C18H24N2O3/c1-2-15-16(19-22)11-14-9-6-10-17(15)20(14)18(21)23-12-13-7-4-3-5-8-13/h3-5,7-8,14-15,17,22H,2,6,9-12H2,1H3/b19-16-/t14-,15+,17+/m0/s1. The lowest BCUT2D eigenvalue weighted by atomic mass is 9.75. The van der Waals surface area contributed by atoms with Crippen molar-refractivity contribution in [2.24, 2.45) is 11.1 Å². The predicted octanol–water partition coefficient (Wildman–Crippen LogP) is 3.81. The minimum absolute atomic E-state index is 0.0988. The summed E-state index contributed by atoms with van der Waals surface area (Å²) in [6.07, 6.45) is 4.32. The molecule has 0 saturated carbocycles. The van der Waals surface area contributed by atoms with E-state index in [9.17, 15) is 10.0 Å². The molecule has 5 heteroatoms. The van der Waals surface area contributed by atoms with Gasteiger partial charge in [-0.15, -0.1) is 0 Å². The molecule has 5 nitrogen and oxygen atoms in total. The van der Waals surface area contributed by atoms with E-state index in [1.54, 1.807) is 0 Å². The normalized spacial score (nSPS) is 28.7. The van der Waals surface area contributed by atoms with Crippen LogP contribution in [-0.2, 0) is 11.3 Å². The molecule has 2 aliphatic heterocycles. The lowest BCUT2D eigenvalue weighted by Gasteiger charge is -2.49. The van der Waals surface area contributed by atoms with Crippen LogP contribution in [0.3, 0.4) is 0 Å². The number of hydrogen-bond donors (Lipinski definition) is 1. The van der Waals surface area contributed by atoms with Gasteiger partial charge in [-0.2, -0.15) is 0 Å². The first-order valence-corrected chi connectivity index (χ1v) is 8.44. The average molecular weight is 316 g/mol. The summed E-state index contributed by atoms with van der Waals surface area (Å²) in [5, 5.41) is 12.8. The molecule has 3 rings (SSSR count). The van der Waals surface area contributed by atoms with E-state index < -0.39 is 0 Å². The number of hydrogen-bond acceptors (Lipinski definition) is 4. The third-order valence-corrected chi connectivity index (χ3v) is 5.11. The predicted molar refractivity (Wildman–Crippen MR) is 87.5 cm³/mol. The largest absolute Gasteiger partial charge is 0.445 e. The van der Waals surface area contributed by atoms with E-state index in [0.717, 1.165) is 37.0 Å². The molecular formula is C18H24N2O3. The van der Waals surface area contributed by atoms with E-state index in [-0.39, 0.29) is 24.1 Å². The Kier molecular flexibility index (Phi) is 4.84. The number of carbonyl (C=O) groups is 1. The van der Waals surface area contributed by atoms with Gasteiger partial charge >= 0.3 is 6.09 Å². The van der Waals surface area contributed by atoms with Crippen molar-refractivity contribution in [3.8, 4) is 0 Å². The van der Waals surface area contributed by atoms with E-state index in [2.05, 4.69) is 12.1 Å². The van der Waals surface area contributed by atoms with Crippen LogP contribution in [0.15, 0.2) is 35.5 Å². The van der Waals surface area contributed by atoms with Gasteiger partial charge in [0.05, 0.1) is 5.71 Å². The third kappa shape index (κ3) is 3.19. The second kappa shape index (κ2) is 7.02. The van der Waals surface area contributed by atoms with Gasteiger partial charge in [0.1, 0.15) is 6.61 Å². The maximum atomic E-state index is 12.6. The van der Waals surface area contributed by atoms with Crippen LogP contribution in [0.4, 0.5) is 4.79 Å². The van der Waals surface area contributed by atoms with Crippen molar-refractivity contribution < 1.29 is 14.7 Å². The Labute approximate surface area is 136 Å². The number of benzene rings is 1. The minimum Gasteiger partial charge on any atom is -0.445 e. The highest BCUT2D eigenvalue weighted by Crippen LogP contribution is 2.38. The van der Waals surface area contributed by atoms with Gasteiger partial charge in [-0.25, -0.2) is 4.79 Å². The molecule has 0 aromatic heterocycles. The lowest BCUT2D eigenvalue weighted by molar-refractivity contribution is 0.0228. The van der Waals surface area contributed by atoms with Crippen LogP contribution in [0.5, 0.6) is 0 Å². The van der Waals surface area contributed by atoms with E-state index in [1.165, 1.54) is 0 Å². The molecule has 0 unspecified atom stereocenters. The fraction of sp³-hybridized carbons (Fsp3) is 0.556. The molecule has 2 saturated heterocycles. The first-order valence-electron chi connectivity index (χ1n) is 8.44. The number of carbonyl (C=O) groups excluding carboxylic acids is 1. The van der Waals surface area contributed by atoms with Crippen molar-refractivity contribution in [2.75, 3.05) is 0 Å². The number of fused-ring (bicyclic) bond motifs is 2. The topological polar surface area (TPSA) is 62.1 Å². The molecule has 2 aliphatic rings. The summed E-state index contributed by atoms with van der Waals surface area (Å²) < 4.78 is 5.55. The minimum atomic E-state index is -0.237. The second-order valence-corrected chi connectivity index (χ2v) is 6.41. The van der Waals surface area contributed by atoms with Gasteiger partial charge in [0.25, 0.3) is 0 Å². The van der Waals surface area contributed by atoms with E-state index in [4.69, 9.17) is 4.74 Å². The zero-order valence-electron chi connectivity index (χ0n) is 13.5. The van der Waals surface area contributed by atoms with Crippen molar-refractivity contribution in [1.82, 2.24) is 4.90 Å². The fourth-order valence-corrected chi connectivity index (χ4v) is 4.02. The van der Waals surface area contributed by atoms with Crippen molar-refractivity contribution in [3.05, 3.63) is 35.9 Å². The average Bonchev–Trinajstić information content (AvgIpc) is 2.59. The summed E-state index contributed by atoms with van der Waals surface area (Å²) in [5.74, 6) is 0.140. The number of amides is 1. The highest BCUT2D eigenvalue weighted by atomic mass is 16.6. The molecule has 124 valence electrons. The smallest absolute Gasteiger partial charge is 0.410 e. The molecule has 3 atom stereocenters. The number of nitrogens with zero attached hydrogens (tertiary/aromatic N) is 2. The highest BCUT2D eigenvalue weighted by molar-refractivity contribution is 5.90. The molecule has 0 aliphatic carbocycles. The van der Waals surface area contributed by atoms with Crippen molar-refractivity contribution in [3.63, 3.8) is 0 Å². The van der Waals surface area contributed by atoms with Gasteiger partial charge in [-0.05, 0) is 31.2 Å². The summed E-state index contributed by atoms with van der Waals surface area (Å²) in [7, 11) is 0. The number of piperidine rings is 2. The summed E-state index contributed by atoms with van der Waals surface area (Å²) in [4.78, 5) is 14.6. The molecule has 2 fully saturated rings. The third-order valence-electron chi connectivity index (χ3n) is 5.11. The fourth-order valence-electron chi connectivity index (χ4n) is 4.02. The molecule has 2 heterocycles. The van der Waals surface area contributed by atoms with Crippen molar-refractivity contribution >= 4 is 11.8 Å². The number of ether oxygens (including phenoxy) is 1. The van der Waals surface area contributed by atoms with E-state index in [1.807, 2.05) is 35.2 Å². The van der Waals surface area contributed by atoms with Gasteiger partial charge in [-0.1, -0.05) is 42.4 Å². The molecule has 1 aromatic carbocycles. The van der Waals surface area contributed by atoms with Gasteiger partial charge < -0.3 is 14.8 Å². The van der Waals surface area contributed by atoms with Crippen LogP contribution in [0, 0.1) is 5.92 Å². The molecule has 1 amide bonds. The SMILES string of the molecule is CC[C@@H]1/C(=N\O)C[C@@H]2CCC[C@H]1N2C(=O)OCc1ccccc1. The molecule has 1 aromatic rings. The van der Waals surface area contributed by atoms with Crippen LogP contribution in [0.25, 0.3) is 0 Å². The van der Waals surface area contributed by atoms with Crippen LogP contribution >= 0.6 is 0 Å². The Morgan fingerprint density at radius 2 is 2.13 bits per heavy atom. The Balaban J connectivity index is 1.71. The number of oxime groups is 1. The van der Waals surface area contributed by atoms with Gasteiger partial charge in [0, 0.05) is 24.4 Å². The lowest BCUT2D eigenvalue weighted by Crippen LogP contribution is -2.59. The van der Waals surface area contributed by atoms with Gasteiger partial charge in [-0.3, -0.25) is 0 Å². The maximum Gasteiger partial charge on any atom is 0.410 e. The Morgan fingerprint density at radius 1 is 1.35 bits per heavy atom. The quantitative estimate of drug-likeness (QED) is 0.681. The zero-order chi connectivity index (χ0) is 16.2. The van der Waals surface area contributed by atoms with Crippen LogP contribution < -0.4 is 0 Å². The van der Waals surface area contributed by atoms with E-state index in [0.29, 0.717) is 13.0 Å². The molecule has 1 N–H and O–H groups in total. The zero-order valence-corrected chi connectivity index (χ0v) is 13.5. The highest BCUT2D eigenvalue weighted by Gasteiger charge is 2.45. The van der Waals surface area contributed by atoms with E-state index >= 15 is 0 Å². The summed E-state index contributed by atoms with van der Waals surface area (Å²) in [5.41, 5.74) is 1.84. The summed E-state index contributed by atoms with van der Waals surface area (Å²) in [6.45, 7) is 2.38.